The first-order chi connectivity index (χ1) is 1.00. The molecular formula is CoO3Zr. The van der Waals surface area contributed by atoms with E-state index in [0.29, 0.717) is 0 Å². The Morgan fingerprint density at radius 1 is 1.00 bits per heavy atom. The molecule has 0 heterocycles. The van der Waals surface area contributed by atoms with Crippen molar-refractivity contribution in [2.24, 2.45) is 0 Å². The molecule has 5 heteroatoms. The first kappa shape index (κ1) is 35.8. The maximum Gasteiger partial charge on any atom is 4.00 e. The molecular weight excluding hydrogens is 198 g/mol. The van der Waals surface area contributed by atoms with Gasteiger partial charge in [0.25, 0.3) is 0 Å². The van der Waals surface area contributed by atoms with Crippen molar-refractivity contribution in [3.05, 3.63) is 0 Å². The minimum atomic E-state index is 0. The summed E-state index contributed by atoms with van der Waals surface area (Å²) in [6.45, 7) is 0. The zero-order chi connectivity index (χ0) is 2.00. The molecule has 0 rings (SSSR count). The van der Waals surface area contributed by atoms with Crippen molar-refractivity contribution in [3.63, 3.8) is 0 Å². The fourth-order valence-electron chi connectivity index (χ4n) is 0. The van der Waals surface area contributed by atoms with Crippen LogP contribution in [0.1, 0.15) is 0 Å². The van der Waals surface area contributed by atoms with Crippen molar-refractivity contribution in [2.45, 2.75) is 0 Å². The van der Waals surface area contributed by atoms with Crippen molar-refractivity contribution >= 4 is 0 Å². The van der Waals surface area contributed by atoms with Crippen LogP contribution in [0.5, 0.6) is 0 Å². The second-order valence-corrected chi connectivity index (χ2v) is 0. The molecule has 0 bridgehead atoms. The third-order valence-corrected chi connectivity index (χ3v) is 0. The van der Waals surface area contributed by atoms with Gasteiger partial charge in [-0.2, -0.15) is 0 Å². The van der Waals surface area contributed by atoms with Gasteiger partial charge in [-0.15, -0.1) is 0 Å². The van der Waals surface area contributed by atoms with E-state index >= 15 is 0 Å². The minimum absolute atomic E-state index is 0. The summed E-state index contributed by atoms with van der Waals surface area (Å²) in [7, 11) is 0. The van der Waals surface area contributed by atoms with Crippen LogP contribution in [-0.4, -0.2) is 0 Å². The summed E-state index contributed by atoms with van der Waals surface area (Å²) in [5.74, 6) is 0. The topological polar surface area (TPSA) is 74.1 Å². The van der Waals surface area contributed by atoms with Crippen LogP contribution in [0.15, 0.2) is 0 Å². The van der Waals surface area contributed by atoms with Crippen LogP contribution in [0.3, 0.4) is 0 Å². The number of hydrogen-bond donors (Lipinski definition) is 0. The van der Waals surface area contributed by atoms with E-state index in [1.807, 2.05) is 0 Å². The molecule has 0 aliphatic heterocycles. The fourth-order valence-corrected chi connectivity index (χ4v) is 0. The normalized spacial score (nSPS) is 1.00. The Morgan fingerprint density at radius 3 is 1.00 bits per heavy atom. The largest absolute Gasteiger partial charge is 4.00 e. The second-order valence-electron chi connectivity index (χ2n) is 0. The van der Waals surface area contributed by atoms with E-state index in [4.69, 9.17) is 3.87 Å². The molecule has 0 aromatic carbocycles. The molecule has 31 valence electrons. The molecule has 0 aromatic heterocycles. The van der Waals surface area contributed by atoms with Crippen LogP contribution in [0.2, 0.25) is 0 Å². The Bertz CT molecular complexity index is 6.85. The van der Waals surface area contributed by atoms with E-state index in [1.54, 1.807) is 0 Å². The van der Waals surface area contributed by atoms with E-state index in [2.05, 4.69) is 15.7 Å². The van der Waals surface area contributed by atoms with Gasteiger partial charge >= 0.3 is 45.7 Å². The Balaban J connectivity index is -0.00000000167. The molecule has 0 unspecified atom stereocenters. The number of hydrogen-bond acceptors (Lipinski definition) is 1. The van der Waals surface area contributed by atoms with E-state index in [9.17, 15) is 0 Å². The van der Waals surface area contributed by atoms with Crippen LogP contribution < -0.4 is 0 Å². The van der Waals surface area contributed by atoms with E-state index in [0.717, 1.165) is 0 Å². The maximum absolute atomic E-state index is 7.94. The standard InChI is InChI=1S/Co.3O.Zr/q;;2*-2;+4. The smallest absolute Gasteiger partial charge is 4.00 e. The van der Waals surface area contributed by atoms with Gasteiger partial charge in [0, 0.05) is 0 Å². The zero-order valence-electron chi connectivity index (χ0n) is 2.06. The zero-order valence-corrected chi connectivity index (χ0v) is 5.56. The Hall–Kier alpha value is 1.11. The summed E-state index contributed by atoms with van der Waals surface area (Å²) in [6, 6.07) is 0. The van der Waals surface area contributed by atoms with Gasteiger partial charge in [-0.3, -0.25) is 0 Å². The summed E-state index contributed by atoms with van der Waals surface area (Å²) < 4.78 is 7.94. The molecule has 0 aliphatic rings. The van der Waals surface area contributed by atoms with Gasteiger partial charge < -0.3 is 11.0 Å². The average Bonchev–Trinajstić information content (AvgIpc) is 1.00. The van der Waals surface area contributed by atoms with Gasteiger partial charge in [0.05, 0.1) is 0 Å². The third kappa shape index (κ3) is 40.1. The average molecular weight is 198 g/mol. The molecule has 0 saturated carbocycles. The molecule has 0 saturated heterocycles. The SMILES string of the molecule is [O-2].[O-2].[O]=[Co].[Zr+4]. The first-order valence-electron chi connectivity index (χ1n) is 0.136. The fraction of sp³-hybridized carbons (Fsp3) is 0. The molecule has 0 fully saturated rings. The van der Waals surface area contributed by atoms with Gasteiger partial charge in [0.15, 0.2) is 0 Å². The summed E-state index contributed by atoms with van der Waals surface area (Å²) in [5, 5.41) is 0. The van der Waals surface area contributed by atoms with Crippen molar-refractivity contribution in [2.75, 3.05) is 0 Å². The van der Waals surface area contributed by atoms with Crippen molar-refractivity contribution in [1.29, 1.82) is 0 Å². The molecule has 0 spiro atoms. The molecule has 0 atom stereocenters. The molecule has 0 amide bonds. The molecule has 0 N–H and O–H groups in total. The molecule has 5 heavy (non-hydrogen) atoms. The summed E-state index contributed by atoms with van der Waals surface area (Å²) in [4.78, 5) is 0. The number of rotatable bonds is 0. The first-order valence-corrected chi connectivity index (χ1v) is 0.561. The Morgan fingerprint density at radius 2 is 1.00 bits per heavy atom. The Labute approximate surface area is 56.7 Å². The van der Waals surface area contributed by atoms with Crippen LogP contribution in [-0.2, 0) is 56.7 Å². The molecule has 0 aromatic rings. The molecule has 0 radical (unpaired) electrons. The van der Waals surface area contributed by atoms with E-state index in [1.165, 1.54) is 0 Å². The maximum atomic E-state index is 7.94. The van der Waals surface area contributed by atoms with Gasteiger partial charge in [-0.25, -0.2) is 0 Å². The molecule has 0 aliphatic carbocycles. The minimum Gasteiger partial charge on any atom is 4.00 e. The van der Waals surface area contributed by atoms with Crippen LogP contribution in [0.4, 0.5) is 0 Å². The Kier molecular flexibility index (Phi) is 502. The van der Waals surface area contributed by atoms with Gasteiger partial charge in [0.1, 0.15) is 0 Å². The van der Waals surface area contributed by atoms with E-state index < -0.39 is 0 Å². The summed E-state index contributed by atoms with van der Waals surface area (Å²) in [5.41, 5.74) is 0. The predicted octanol–water partition coefficient (Wildman–Crippen LogP) is -0.361. The van der Waals surface area contributed by atoms with Crippen LogP contribution in [0.25, 0.3) is 0 Å². The van der Waals surface area contributed by atoms with E-state index in [-0.39, 0.29) is 37.2 Å². The predicted molar refractivity (Wildman–Crippen MR) is 2.06 cm³/mol. The summed E-state index contributed by atoms with van der Waals surface area (Å²) in [6.07, 6.45) is 0. The van der Waals surface area contributed by atoms with Gasteiger partial charge in [0.2, 0.25) is 0 Å². The van der Waals surface area contributed by atoms with Crippen LogP contribution in [0, 0.1) is 0 Å². The van der Waals surface area contributed by atoms with Crippen molar-refractivity contribution in [3.8, 4) is 0 Å². The van der Waals surface area contributed by atoms with Crippen molar-refractivity contribution in [1.82, 2.24) is 0 Å². The van der Waals surface area contributed by atoms with Gasteiger partial charge in [-0.05, 0) is 0 Å². The summed E-state index contributed by atoms with van der Waals surface area (Å²) >= 11 is 2.31. The van der Waals surface area contributed by atoms with Gasteiger partial charge in [-0.1, -0.05) is 0 Å². The third-order valence-electron chi connectivity index (χ3n) is 0. The second kappa shape index (κ2) is 70.1. The monoisotopic (exact) mass is 197 g/mol. The van der Waals surface area contributed by atoms with Crippen molar-refractivity contribution < 1.29 is 56.7 Å². The quantitative estimate of drug-likeness (QED) is 0.523. The molecule has 3 nitrogen and oxygen atoms in total. The van der Waals surface area contributed by atoms with Crippen LogP contribution >= 0.6 is 0 Å².